The van der Waals surface area contributed by atoms with Crippen LogP contribution in [0.2, 0.25) is 0 Å². The van der Waals surface area contributed by atoms with Crippen molar-refractivity contribution < 1.29 is 14.3 Å². The molecule has 0 aliphatic heterocycles. The number of imidazole rings is 1. The fourth-order valence-electron chi connectivity index (χ4n) is 3.38. The predicted molar refractivity (Wildman–Crippen MR) is 117 cm³/mol. The highest BCUT2D eigenvalue weighted by Gasteiger charge is 2.19. The summed E-state index contributed by atoms with van der Waals surface area (Å²) in [7, 11) is 1.83. The number of benzene rings is 1. The Balaban J connectivity index is 2.01. The molecule has 0 unspecified atom stereocenters. The van der Waals surface area contributed by atoms with Crippen LogP contribution in [0.15, 0.2) is 42.6 Å². The van der Waals surface area contributed by atoms with Gasteiger partial charge in [-0.3, -0.25) is 4.79 Å². The molecule has 6 nitrogen and oxygen atoms in total. The molecular weight excluding hydrogens is 378 g/mol. The Labute approximate surface area is 177 Å². The van der Waals surface area contributed by atoms with Crippen LogP contribution in [-0.4, -0.2) is 39.8 Å². The fraction of sp³-hybridized carbons (Fsp3) is 0.375. The summed E-state index contributed by atoms with van der Waals surface area (Å²) in [6, 6.07) is 11.2. The van der Waals surface area contributed by atoms with Crippen molar-refractivity contribution in [2.24, 2.45) is 5.92 Å². The lowest BCUT2D eigenvalue weighted by Crippen LogP contribution is -2.28. The Kier molecular flexibility index (Phi) is 6.55. The molecule has 0 aliphatic carbocycles. The first-order valence-corrected chi connectivity index (χ1v) is 10.3. The van der Waals surface area contributed by atoms with Gasteiger partial charge in [-0.15, -0.1) is 0 Å². The molecule has 0 bridgehead atoms. The van der Waals surface area contributed by atoms with Crippen LogP contribution in [0.3, 0.4) is 0 Å². The number of ether oxygens (including phenoxy) is 1. The summed E-state index contributed by atoms with van der Waals surface area (Å²) in [5.74, 6) is 0.0735. The Morgan fingerprint density at radius 1 is 1.13 bits per heavy atom. The average molecular weight is 408 g/mol. The van der Waals surface area contributed by atoms with Crippen LogP contribution in [-0.2, 0) is 16.1 Å². The van der Waals surface area contributed by atoms with Gasteiger partial charge in [-0.05, 0) is 43.5 Å². The van der Waals surface area contributed by atoms with Gasteiger partial charge in [0.15, 0.2) is 0 Å². The molecule has 0 N–H and O–H groups in total. The smallest absolute Gasteiger partial charge is 0.338 e. The van der Waals surface area contributed by atoms with Gasteiger partial charge in [0.1, 0.15) is 5.65 Å². The monoisotopic (exact) mass is 407 g/mol. The molecule has 158 valence electrons. The number of nitrogens with zero attached hydrogens (tertiary/aromatic N) is 3. The van der Waals surface area contributed by atoms with Gasteiger partial charge in [0.2, 0.25) is 5.91 Å². The molecule has 0 radical (unpaired) electrons. The third kappa shape index (κ3) is 4.70. The summed E-state index contributed by atoms with van der Waals surface area (Å²) in [5.41, 5.74) is 5.08. The van der Waals surface area contributed by atoms with Crippen LogP contribution in [0, 0.1) is 12.8 Å². The number of hydrogen-bond acceptors (Lipinski definition) is 4. The SMILES string of the molecule is CCOC(=O)c1ccc(-c2nc3ccc(C)cn3c2CN(C)C(=O)CC(C)C)cc1. The highest BCUT2D eigenvalue weighted by molar-refractivity contribution is 5.90. The molecule has 0 atom stereocenters. The minimum atomic E-state index is -0.339. The van der Waals surface area contributed by atoms with Crippen molar-refractivity contribution in [2.75, 3.05) is 13.7 Å². The second kappa shape index (κ2) is 9.11. The van der Waals surface area contributed by atoms with Gasteiger partial charge in [-0.25, -0.2) is 9.78 Å². The lowest BCUT2D eigenvalue weighted by molar-refractivity contribution is -0.131. The predicted octanol–water partition coefficient (Wildman–Crippen LogP) is 4.49. The van der Waals surface area contributed by atoms with Crippen molar-refractivity contribution in [3.8, 4) is 11.3 Å². The molecule has 2 aromatic heterocycles. The molecule has 3 rings (SSSR count). The van der Waals surface area contributed by atoms with E-state index in [4.69, 9.17) is 9.72 Å². The number of amides is 1. The zero-order chi connectivity index (χ0) is 21.8. The largest absolute Gasteiger partial charge is 0.462 e. The van der Waals surface area contributed by atoms with Gasteiger partial charge in [0.05, 0.1) is 30.1 Å². The summed E-state index contributed by atoms with van der Waals surface area (Å²) in [5, 5.41) is 0. The summed E-state index contributed by atoms with van der Waals surface area (Å²) >= 11 is 0. The normalized spacial score (nSPS) is 11.1. The topological polar surface area (TPSA) is 63.9 Å². The van der Waals surface area contributed by atoms with E-state index in [1.54, 1.807) is 24.0 Å². The second-order valence-corrected chi connectivity index (χ2v) is 7.99. The standard InChI is InChI=1S/C24H29N3O3/c1-6-30-24(29)19-10-8-18(9-11-19)23-20(15-26(5)22(28)13-16(2)3)27-14-17(4)7-12-21(27)25-23/h7-12,14,16H,6,13,15H2,1-5H3. The Morgan fingerprint density at radius 3 is 2.47 bits per heavy atom. The molecule has 0 aliphatic rings. The lowest BCUT2D eigenvalue weighted by atomic mass is 10.1. The minimum absolute atomic E-state index is 0.108. The molecule has 6 heteroatoms. The lowest BCUT2D eigenvalue weighted by Gasteiger charge is -2.19. The summed E-state index contributed by atoms with van der Waals surface area (Å²) < 4.78 is 7.11. The first-order valence-electron chi connectivity index (χ1n) is 10.3. The number of aromatic nitrogens is 2. The van der Waals surface area contributed by atoms with Crippen LogP contribution in [0.4, 0.5) is 0 Å². The molecule has 30 heavy (non-hydrogen) atoms. The maximum absolute atomic E-state index is 12.6. The third-order valence-electron chi connectivity index (χ3n) is 4.93. The van der Waals surface area contributed by atoms with E-state index in [1.165, 1.54) is 0 Å². The van der Waals surface area contributed by atoms with Crippen LogP contribution < -0.4 is 0 Å². The van der Waals surface area contributed by atoms with E-state index in [0.29, 0.717) is 31.1 Å². The van der Waals surface area contributed by atoms with Crippen LogP contribution in [0.1, 0.15) is 48.8 Å². The van der Waals surface area contributed by atoms with Crippen molar-refractivity contribution in [3.05, 3.63) is 59.4 Å². The summed E-state index contributed by atoms with van der Waals surface area (Å²) in [4.78, 5) is 31.1. The van der Waals surface area contributed by atoms with E-state index in [1.807, 2.05) is 62.7 Å². The van der Waals surface area contributed by atoms with E-state index in [2.05, 4.69) is 0 Å². The van der Waals surface area contributed by atoms with Gasteiger partial charge < -0.3 is 14.0 Å². The van der Waals surface area contributed by atoms with E-state index in [9.17, 15) is 9.59 Å². The summed E-state index contributed by atoms with van der Waals surface area (Å²) in [6.07, 6.45) is 2.55. The zero-order valence-corrected chi connectivity index (χ0v) is 18.3. The first-order chi connectivity index (χ1) is 14.3. The van der Waals surface area contributed by atoms with Crippen molar-refractivity contribution in [2.45, 2.75) is 40.7 Å². The Hall–Kier alpha value is -3.15. The number of aryl methyl sites for hydroxylation is 1. The fourth-order valence-corrected chi connectivity index (χ4v) is 3.38. The Morgan fingerprint density at radius 2 is 1.83 bits per heavy atom. The number of fused-ring (bicyclic) bond motifs is 1. The molecule has 0 fully saturated rings. The minimum Gasteiger partial charge on any atom is -0.462 e. The van der Waals surface area contributed by atoms with Crippen LogP contribution >= 0.6 is 0 Å². The average Bonchev–Trinajstić information content (AvgIpc) is 3.05. The van der Waals surface area contributed by atoms with E-state index in [-0.39, 0.29) is 11.9 Å². The van der Waals surface area contributed by atoms with E-state index >= 15 is 0 Å². The molecular formula is C24H29N3O3. The van der Waals surface area contributed by atoms with Crippen molar-refractivity contribution in [1.82, 2.24) is 14.3 Å². The van der Waals surface area contributed by atoms with Gasteiger partial charge in [0.25, 0.3) is 0 Å². The second-order valence-electron chi connectivity index (χ2n) is 7.99. The number of pyridine rings is 1. The molecule has 0 saturated carbocycles. The van der Waals surface area contributed by atoms with Crippen LogP contribution in [0.25, 0.3) is 16.9 Å². The Bertz CT molecular complexity index is 1050. The number of hydrogen-bond donors (Lipinski definition) is 0. The first kappa shape index (κ1) is 21.6. The molecule has 1 amide bonds. The van der Waals surface area contributed by atoms with Gasteiger partial charge >= 0.3 is 5.97 Å². The van der Waals surface area contributed by atoms with Crippen molar-refractivity contribution in [3.63, 3.8) is 0 Å². The van der Waals surface area contributed by atoms with E-state index < -0.39 is 0 Å². The molecule has 0 saturated heterocycles. The molecule has 1 aromatic carbocycles. The highest BCUT2D eigenvalue weighted by atomic mass is 16.5. The van der Waals surface area contributed by atoms with Gasteiger partial charge in [-0.1, -0.05) is 32.0 Å². The third-order valence-corrected chi connectivity index (χ3v) is 4.93. The number of rotatable bonds is 7. The van der Waals surface area contributed by atoms with Crippen molar-refractivity contribution >= 4 is 17.5 Å². The maximum Gasteiger partial charge on any atom is 0.338 e. The molecule has 3 aromatic rings. The van der Waals surface area contributed by atoms with Crippen molar-refractivity contribution in [1.29, 1.82) is 0 Å². The summed E-state index contributed by atoms with van der Waals surface area (Å²) in [6.45, 7) is 8.69. The zero-order valence-electron chi connectivity index (χ0n) is 18.3. The molecule has 2 heterocycles. The quantitative estimate of drug-likeness (QED) is 0.541. The van der Waals surface area contributed by atoms with Crippen LogP contribution in [0.5, 0.6) is 0 Å². The highest BCUT2D eigenvalue weighted by Crippen LogP contribution is 2.27. The number of esters is 1. The number of carbonyl (C=O) groups excluding carboxylic acids is 2. The number of carbonyl (C=O) groups is 2. The van der Waals surface area contributed by atoms with E-state index in [0.717, 1.165) is 28.2 Å². The van der Waals surface area contributed by atoms with Gasteiger partial charge in [0, 0.05) is 25.2 Å². The maximum atomic E-state index is 12.6. The molecule has 0 spiro atoms. The van der Waals surface area contributed by atoms with Gasteiger partial charge in [-0.2, -0.15) is 0 Å².